The number of carbonyl (C=O) groups is 1. The highest BCUT2D eigenvalue weighted by molar-refractivity contribution is 7.09. The number of nitrogens with zero attached hydrogens (tertiary/aromatic N) is 4. The Labute approximate surface area is 207 Å². The van der Waals surface area contributed by atoms with E-state index in [2.05, 4.69) is 15.6 Å². The molecule has 7 nitrogen and oxygen atoms in total. The number of hydrazone groups is 1. The lowest BCUT2D eigenvalue weighted by atomic mass is 9.97. The molecule has 2 aromatic rings. The molecule has 1 fully saturated rings. The van der Waals surface area contributed by atoms with Crippen LogP contribution in [0.3, 0.4) is 0 Å². The van der Waals surface area contributed by atoms with Gasteiger partial charge in [-0.15, -0.1) is 11.3 Å². The van der Waals surface area contributed by atoms with Crippen LogP contribution in [0, 0.1) is 11.6 Å². The molecule has 0 spiro atoms. The molecule has 0 radical (unpaired) electrons. The van der Waals surface area contributed by atoms with Crippen LogP contribution in [-0.2, 0) is 9.63 Å². The fraction of sp³-hybridized carbons (Fsp3) is 0.435. The third kappa shape index (κ3) is 5.07. The molecule has 4 heterocycles. The van der Waals surface area contributed by atoms with Crippen molar-refractivity contribution >= 4 is 28.7 Å². The highest BCUT2D eigenvalue weighted by Crippen LogP contribution is 2.35. The summed E-state index contributed by atoms with van der Waals surface area (Å²) in [6, 6.07) is 3.63. The largest absolute Gasteiger partial charge is 0.431 e. The molecular formula is C23H22F5N5O2S. The van der Waals surface area contributed by atoms with E-state index in [0.717, 1.165) is 5.01 Å². The van der Waals surface area contributed by atoms with Gasteiger partial charge in [-0.25, -0.2) is 13.8 Å². The number of aromatic nitrogens is 1. The molecule has 13 heteroatoms. The smallest absolute Gasteiger partial charge is 0.341 e. The van der Waals surface area contributed by atoms with Gasteiger partial charge in [-0.3, -0.25) is 20.1 Å². The molecule has 0 saturated carbocycles. The molecule has 1 atom stereocenters. The second-order valence-corrected chi connectivity index (χ2v) is 9.65. The van der Waals surface area contributed by atoms with Crippen molar-refractivity contribution in [2.45, 2.75) is 37.5 Å². The van der Waals surface area contributed by atoms with Crippen LogP contribution in [0.5, 0.6) is 0 Å². The quantitative estimate of drug-likeness (QED) is 0.585. The van der Waals surface area contributed by atoms with Gasteiger partial charge < -0.3 is 4.90 Å². The molecule has 5 rings (SSSR count). The molecule has 1 aromatic heterocycles. The minimum Gasteiger partial charge on any atom is -0.341 e. The summed E-state index contributed by atoms with van der Waals surface area (Å²) >= 11 is 1.45. The Balaban J connectivity index is 1.16. The molecule has 0 aliphatic carbocycles. The van der Waals surface area contributed by atoms with E-state index < -0.39 is 29.6 Å². The average Bonchev–Trinajstić information content (AvgIpc) is 3.59. The highest BCUT2D eigenvalue weighted by atomic mass is 32.1. The Morgan fingerprint density at radius 3 is 2.56 bits per heavy atom. The normalized spacial score (nSPS) is 21.0. The molecule has 1 aromatic carbocycles. The summed E-state index contributed by atoms with van der Waals surface area (Å²) < 4.78 is 66.4. The minimum atomic E-state index is -4.46. The average molecular weight is 528 g/mol. The number of rotatable bonds is 5. The molecule has 1 N–H and O–H groups in total. The van der Waals surface area contributed by atoms with Gasteiger partial charge in [0.15, 0.2) is 0 Å². The van der Waals surface area contributed by atoms with Crippen LogP contribution >= 0.6 is 11.3 Å². The van der Waals surface area contributed by atoms with Crippen molar-refractivity contribution in [3.63, 3.8) is 0 Å². The predicted octanol–water partition coefficient (Wildman–Crippen LogP) is 4.37. The van der Waals surface area contributed by atoms with Gasteiger partial charge >= 0.3 is 6.18 Å². The van der Waals surface area contributed by atoms with Crippen molar-refractivity contribution in [3.8, 4) is 0 Å². The molecule has 1 unspecified atom stereocenters. The van der Waals surface area contributed by atoms with Gasteiger partial charge in [0, 0.05) is 37.4 Å². The summed E-state index contributed by atoms with van der Waals surface area (Å²) in [6.45, 7) is 0.855. The van der Waals surface area contributed by atoms with Crippen molar-refractivity contribution < 1.29 is 31.6 Å². The van der Waals surface area contributed by atoms with E-state index in [0.29, 0.717) is 37.3 Å². The van der Waals surface area contributed by atoms with Gasteiger partial charge in [0.05, 0.1) is 22.0 Å². The van der Waals surface area contributed by atoms with Crippen LogP contribution < -0.4 is 5.48 Å². The Hall–Kier alpha value is -3.06. The first-order valence-corrected chi connectivity index (χ1v) is 12.3. The topological polar surface area (TPSA) is 70.1 Å². The maximum atomic E-state index is 14.1. The maximum absolute atomic E-state index is 14.1. The maximum Gasteiger partial charge on any atom is 0.431 e. The Kier molecular flexibility index (Phi) is 6.68. The summed E-state index contributed by atoms with van der Waals surface area (Å²) in [7, 11) is 0. The molecule has 1 saturated heterocycles. The van der Waals surface area contributed by atoms with Crippen molar-refractivity contribution in [1.82, 2.24) is 20.4 Å². The van der Waals surface area contributed by atoms with Crippen LogP contribution in [0.15, 0.2) is 34.8 Å². The van der Waals surface area contributed by atoms with E-state index in [1.807, 2.05) is 5.38 Å². The number of likely N-dealkylation sites (tertiary alicyclic amines) is 1. The number of alkyl halides is 3. The molecular weight excluding hydrogens is 505 g/mol. The number of piperidine rings is 1. The van der Waals surface area contributed by atoms with E-state index in [9.17, 15) is 26.7 Å². The summed E-state index contributed by atoms with van der Waals surface area (Å²) in [5.41, 5.74) is 2.78. The van der Waals surface area contributed by atoms with Crippen LogP contribution in [0.2, 0.25) is 0 Å². The lowest BCUT2D eigenvalue weighted by Crippen LogP contribution is -2.42. The van der Waals surface area contributed by atoms with Crippen LogP contribution in [-0.4, -0.2) is 58.9 Å². The number of hydrogen-bond acceptors (Lipinski definition) is 7. The Morgan fingerprint density at radius 1 is 1.17 bits per heavy atom. The number of halogens is 5. The molecule has 36 heavy (non-hydrogen) atoms. The number of thiazole rings is 1. The van der Waals surface area contributed by atoms with Gasteiger partial charge in [0.1, 0.15) is 30.0 Å². The summed E-state index contributed by atoms with van der Waals surface area (Å²) in [5, 5.41) is 7.42. The molecule has 3 aliphatic rings. The van der Waals surface area contributed by atoms with Gasteiger partial charge in [0.25, 0.3) is 0 Å². The van der Waals surface area contributed by atoms with Crippen molar-refractivity contribution in [1.29, 1.82) is 0 Å². The number of hydrogen-bond donors (Lipinski definition) is 1. The van der Waals surface area contributed by atoms with E-state index in [1.165, 1.54) is 34.5 Å². The number of carbonyl (C=O) groups excluding carboxylic acids is 1. The summed E-state index contributed by atoms with van der Waals surface area (Å²) in [6.07, 6.45) is -2.69. The third-order valence-electron chi connectivity index (χ3n) is 6.41. The van der Waals surface area contributed by atoms with Crippen LogP contribution in [0.4, 0.5) is 22.0 Å². The van der Waals surface area contributed by atoms with Crippen LogP contribution in [0.25, 0.3) is 5.70 Å². The second-order valence-electron chi connectivity index (χ2n) is 8.76. The van der Waals surface area contributed by atoms with E-state index in [4.69, 9.17) is 4.84 Å². The van der Waals surface area contributed by atoms with Crippen LogP contribution in [0.1, 0.15) is 47.5 Å². The van der Waals surface area contributed by atoms with Gasteiger partial charge in [0.2, 0.25) is 5.91 Å². The lowest BCUT2D eigenvalue weighted by Gasteiger charge is -2.32. The zero-order valence-corrected chi connectivity index (χ0v) is 19.7. The van der Waals surface area contributed by atoms with E-state index in [1.54, 1.807) is 11.0 Å². The first-order chi connectivity index (χ1) is 17.2. The monoisotopic (exact) mass is 527 g/mol. The van der Waals surface area contributed by atoms with E-state index in [-0.39, 0.29) is 36.9 Å². The second kappa shape index (κ2) is 9.77. The standard InChI is InChI=1S/C23H22F5N5O2S/c24-14-2-1-3-15(25)21(14)18-10-16(31-35-18)17-12-36-22(29-17)13-4-7-32(8-5-13)20(34)11-33-9-6-19(30-33)23(26,27)28/h1-3,10,12-13,18,31H,4-9,11H2. The van der Waals surface area contributed by atoms with Crippen molar-refractivity contribution in [2.24, 2.45) is 5.10 Å². The number of hydroxylamine groups is 1. The lowest BCUT2D eigenvalue weighted by molar-refractivity contribution is -0.133. The van der Waals surface area contributed by atoms with Gasteiger partial charge in [-0.2, -0.15) is 18.3 Å². The predicted molar refractivity (Wildman–Crippen MR) is 122 cm³/mol. The van der Waals surface area contributed by atoms with Gasteiger partial charge in [-0.1, -0.05) is 6.07 Å². The summed E-state index contributed by atoms with van der Waals surface area (Å²) in [5.74, 6) is -1.52. The molecule has 3 aliphatic heterocycles. The SMILES string of the molecule is O=C(CN1CCC(C(F)(F)F)=N1)N1CCC(c2nc(C3=CC(c4c(F)cccc4F)ON3)cs2)CC1. The first kappa shape index (κ1) is 24.6. The Morgan fingerprint density at radius 2 is 1.89 bits per heavy atom. The summed E-state index contributed by atoms with van der Waals surface area (Å²) in [4.78, 5) is 24.2. The fourth-order valence-corrected chi connectivity index (χ4v) is 5.45. The first-order valence-electron chi connectivity index (χ1n) is 11.4. The van der Waals surface area contributed by atoms with Crippen molar-refractivity contribution in [3.05, 3.63) is 57.6 Å². The highest BCUT2D eigenvalue weighted by Gasteiger charge is 2.39. The van der Waals surface area contributed by atoms with E-state index >= 15 is 0 Å². The molecule has 0 bridgehead atoms. The number of amides is 1. The number of benzene rings is 1. The van der Waals surface area contributed by atoms with Crippen molar-refractivity contribution in [2.75, 3.05) is 26.2 Å². The minimum absolute atomic E-state index is 0.0803. The fourth-order valence-electron chi connectivity index (χ4n) is 4.46. The Bertz CT molecular complexity index is 1190. The number of nitrogens with one attached hydrogen (secondary N) is 1. The zero-order chi connectivity index (χ0) is 25.4. The molecule has 192 valence electrons. The zero-order valence-electron chi connectivity index (χ0n) is 18.9. The van der Waals surface area contributed by atoms with Gasteiger partial charge in [-0.05, 0) is 31.1 Å². The third-order valence-corrected chi connectivity index (χ3v) is 7.41. The molecule has 1 amide bonds.